The predicted octanol–water partition coefficient (Wildman–Crippen LogP) is 1.91. The zero-order chi connectivity index (χ0) is 4.28. The molecule has 0 aromatic rings. The summed E-state index contributed by atoms with van der Waals surface area (Å²) in [5.41, 5.74) is 0. The van der Waals surface area contributed by atoms with Crippen molar-refractivity contribution in [3.05, 3.63) is 11.1 Å². The van der Waals surface area contributed by atoms with E-state index in [2.05, 4.69) is 20.8 Å². The van der Waals surface area contributed by atoms with Gasteiger partial charge in [-0.1, -0.05) is 0 Å². The molecule has 0 atom stereocenters. The third-order valence-electron chi connectivity index (χ3n) is 0.102. The molecular weight excluding hydrogens is 175 g/mol. The van der Waals surface area contributed by atoms with Crippen molar-refractivity contribution in [2.24, 2.45) is 0 Å². The van der Waals surface area contributed by atoms with Gasteiger partial charge in [0.25, 0.3) is 0 Å². The van der Waals surface area contributed by atoms with Crippen LogP contribution in [0.25, 0.3) is 0 Å². The van der Waals surface area contributed by atoms with Crippen molar-refractivity contribution in [3.63, 3.8) is 0 Å². The van der Waals surface area contributed by atoms with E-state index >= 15 is 0 Å². The van der Waals surface area contributed by atoms with Gasteiger partial charge in [-0.05, 0) is 0 Å². The molecule has 0 heterocycles. The molecule has 0 aromatic carbocycles. The molecule has 0 fully saturated rings. The van der Waals surface area contributed by atoms with E-state index in [1.165, 1.54) is 12.7 Å². The Morgan fingerprint density at radius 2 is 2.20 bits per heavy atom. The van der Waals surface area contributed by atoms with Gasteiger partial charge in [-0.15, -0.1) is 0 Å². The topological polar surface area (TPSA) is 0 Å². The molecule has 0 saturated carbocycles. The fourth-order valence-electron chi connectivity index (χ4n) is 0. The van der Waals surface area contributed by atoms with Crippen molar-refractivity contribution in [1.29, 1.82) is 0 Å². The minimum atomic E-state index is 1.11. The van der Waals surface area contributed by atoms with Gasteiger partial charge in [0.15, 0.2) is 0 Å². The molecule has 0 radical (unpaired) electrons. The SMILES string of the molecule is C=[C](C)[Ni][Br]. The fourth-order valence-corrected chi connectivity index (χ4v) is 0. The molecule has 0 aliphatic rings. The van der Waals surface area contributed by atoms with E-state index in [1.54, 1.807) is 0 Å². The summed E-state index contributed by atoms with van der Waals surface area (Å²) in [5.74, 6) is 0. The van der Waals surface area contributed by atoms with Gasteiger partial charge in [-0.25, -0.2) is 0 Å². The zero-order valence-corrected chi connectivity index (χ0v) is 5.47. The maximum absolute atomic E-state index is 3.60. The van der Waals surface area contributed by atoms with Gasteiger partial charge >= 0.3 is 44.9 Å². The van der Waals surface area contributed by atoms with E-state index < -0.39 is 0 Å². The third-order valence-corrected chi connectivity index (χ3v) is 2.19. The van der Waals surface area contributed by atoms with Crippen molar-refractivity contribution >= 4 is 14.2 Å². The van der Waals surface area contributed by atoms with Gasteiger partial charge in [-0.2, -0.15) is 0 Å². The van der Waals surface area contributed by atoms with Gasteiger partial charge in [0, 0.05) is 0 Å². The van der Waals surface area contributed by atoms with Crippen molar-refractivity contribution in [2.45, 2.75) is 6.92 Å². The Bertz CT molecular complexity index is 42.2. The van der Waals surface area contributed by atoms with E-state index in [1.807, 2.05) is 6.92 Å². The first-order valence-corrected chi connectivity index (χ1v) is 4.07. The van der Waals surface area contributed by atoms with E-state index in [-0.39, 0.29) is 0 Å². The Labute approximate surface area is 45.2 Å². The van der Waals surface area contributed by atoms with Gasteiger partial charge < -0.3 is 0 Å². The van der Waals surface area contributed by atoms with Crippen molar-refractivity contribution in [2.75, 3.05) is 0 Å². The Morgan fingerprint density at radius 3 is 2.20 bits per heavy atom. The molecule has 0 N–H and O–H groups in total. The first-order chi connectivity index (χ1) is 2.27. The molecule has 0 aliphatic heterocycles. The normalized spacial score (nSPS) is 8.40. The van der Waals surface area contributed by atoms with Gasteiger partial charge in [0.05, 0.1) is 0 Å². The number of halogens is 1. The average Bonchev–Trinajstić information content (AvgIpc) is 1.38. The van der Waals surface area contributed by atoms with E-state index in [0.29, 0.717) is 0 Å². The van der Waals surface area contributed by atoms with Crippen molar-refractivity contribution in [1.82, 2.24) is 0 Å². The molecular formula is C3H5BrNi. The molecule has 0 bridgehead atoms. The minimum absolute atomic E-state index is 1.11. The molecule has 2 heteroatoms. The first-order valence-electron chi connectivity index (χ1n) is 1.13. The van der Waals surface area contributed by atoms with E-state index in [0.717, 1.165) is 4.54 Å². The quantitative estimate of drug-likeness (QED) is 0.540. The van der Waals surface area contributed by atoms with Crippen LogP contribution in [0.1, 0.15) is 6.92 Å². The van der Waals surface area contributed by atoms with Crippen LogP contribution in [-0.4, -0.2) is 0 Å². The Balaban J connectivity index is 2.85. The van der Waals surface area contributed by atoms with Crippen molar-refractivity contribution < 1.29 is 12.7 Å². The van der Waals surface area contributed by atoms with Gasteiger partial charge in [0.1, 0.15) is 0 Å². The van der Waals surface area contributed by atoms with E-state index in [9.17, 15) is 0 Å². The number of allylic oxidation sites excluding steroid dienone is 1. The Hall–Kier alpha value is 0.714. The summed E-state index contributed by atoms with van der Waals surface area (Å²) in [5, 5.41) is 0. The molecule has 5 heavy (non-hydrogen) atoms. The van der Waals surface area contributed by atoms with Gasteiger partial charge in [0.2, 0.25) is 0 Å². The Morgan fingerprint density at radius 1 is 2.00 bits per heavy atom. The summed E-state index contributed by atoms with van der Waals surface area (Å²) >= 11 is 4.51. The molecule has 0 nitrogen and oxygen atoms in total. The average molecular weight is 180 g/mol. The van der Waals surface area contributed by atoms with Crippen molar-refractivity contribution in [3.8, 4) is 0 Å². The summed E-state index contributed by atoms with van der Waals surface area (Å²) in [4.78, 5) is 0. The van der Waals surface area contributed by atoms with E-state index in [4.69, 9.17) is 0 Å². The van der Waals surface area contributed by atoms with Crippen LogP contribution in [0.2, 0.25) is 0 Å². The van der Waals surface area contributed by atoms with Crippen LogP contribution >= 0.6 is 14.2 Å². The van der Waals surface area contributed by atoms with Crippen LogP contribution in [0.5, 0.6) is 0 Å². The standard InChI is InChI=1S/C3H5.BrH.Ni/c1-3-2;;/h1H2,2H3;1H;/q;;+1/p-1. The number of rotatable bonds is 1. The molecule has 0 aromatic heterocycles. The zero-order valence-electron chi connectivity index (χ0n) is 2.90. The second-order valence-electron chi connectivity index (χ2n) is 0.683. The molecule has 0 spiro atoms. The summed E-state index contributed by atoms with van der Waals surface area (Å²) in [7, 11) is 0. The number of hydrogen-bond donors (Lipinski definition) is 0. The van der Waals surface area contributed by atoms with Gasteiger partial charge in [-0.3, -0.25) is 0 Å². The molecule has 0 unspecified atom stereocenters. The molecule has 0 amide bonds. The van der Waals surface area contributed by atoms with Crippen LogP contribution in [0.15, 0.2) is 11.1 Å². The molecule has 0 aliphatic carbocycles. The monoisotopic (exact) mass is 178 g/mol. The number of hydrogen-bond acceptors (Lipinski definition) is 0. The summed E-state index contributed by atoms with van der Waals surface area (Å²) in [6.07, 6.45) is 0. The van der Waals surface area contributed by atoms with Crippen LogP contribution in [-0.2, 0) is 12.7 Å². The summed E-state index contributed by atoms with van der Waals surface area (Å²) in [6.45, 7) is 5.55. The fraction of sp³-hybridized carbons (Fsp3) is 0.333. The van der Waals surface area contributed by atoms with Crippen LogP contribution in [0.4, 0.5) is 0 Å². The van der Waals surface area contributed by atoms with Crippen LogP contribution in [0, 0.1) is 0 Å². The third kappa shape index (κ3) is 4.71. The maximum atomic E-state index is 3.60. The molecule has 0 rings (SSSR count). The predicted molar refractivity (Wildman–Crippen MR) is 23.7 cm³/mol. The molecule has 34 valence electrons. The Kier molecular flexibility index (Phi) is 3.34. The summed E-state index contributed by atoms with van der Waals surface area (Å²) < 4.78 is 1.11. The second-order valence-corrected chi connectivity index (χ2v) is 2.75. The first kappa shape index (κ1) is 5.71. The van der Waals surface area contributed by atoms with Crippen LogP contribution < -0.4 is 0 Å². The second kappa shape index (κ2) is 2.93. The van der Waals surface area contributed by atoms with Crippen LogP contribution in [0.3, 0.4) is 0 Å². The molecule has 0 saturated heterocycles. The summed E-state index contributed by atoms with van der Waals surface area (Å²) in [6, 6.07) is 0.